The molecule has 9 heteroatoms. The van der Waals surface area contributed by atoms with Gasteiger partial charge in [0.1, 0.15) is 17.6 Å². The molecule has 1 aromatic carbocycles. The summed E-state index contributed by atoms with van der Waals surface area (Å²) in [6.07, 6.45) is 2.80. The predicted molar refractivity (Wildman–Crippen MR) is 127 cm³/mol. The van der Waals surface area contributed by atoms with Crippen LogP contribution in [0.4, 0.5) is 0 Å². The van der Waals surface area contributed by atoms with Gasteiger partial charge < -0.3 is 24.0 Å². The van der Waals surface area contributed by atoms with Gasteiger partial charge in [0.15, 0.2) is 5.76 Å². The topological polar surface area (TPSA) is 105 Å². The number of carbonyl (C=O) groups excluding carboxylic acids is 2. The van der Waals surface area contributed by atoms with Crippen LogP contribution in [0.2, 0.25) is 0 Å². The molecule has 0 radical (unpaired) electrons. The number of imidazole rings is 1. The first-order valence-electron chi connectivity index (χ1n) is 11.6. The summed E-state index contributed by atoms with van der Waals surface area (Å²) in [5.41, 5.74) is 2.55. The second-order valence-electron chi connectivity index (χ2n) is 9.38. The number of benzene rings is 1. The number of carbonyl (C=O) groups is 2. The maximum absolute atomic E-state index is 12.2. The minimum atomic E-state index is -0.658. The fourth-order valence-electron chi connectivity index (χ4n) is 4.64. The zero-order valence-corrected chi connectivity index (χ0v) is 19.9. The van der Waals surface area contributed by atoms with Crippen LogP contribution in [0.15, 0.2) is 47.2 Å². The van der Waals surface area contributed by atoms with Gasteiger partial charge in [0.2, 0.25) is 0 Å². The molecular weight excluding hydrogens is 446 g/mol. The SMILES string of the molecule is C[C@H](O)c1nccn1Cc1cc(-c2ccc(C#CC3C4CN(C(=O)C(=O)N(C)C)CC34)cc2)on1. The van der Waals surface area contributed by atoms with E-state index in [0.717, 1.165) is 16.8 Å². The van der Waals surface area contributed by atoms with E-state index in [1.165, 1.54) is 4.90 Å². The van der Waals surface area contributed by atoms with E-state index in [1.807, 2.05) is 34.9 Å². The van der Waals surface area contributed by atoms with Crippen LogP contribution in [0.25, 0.3) is 11.3 Å². The Balaban J connectivity index is 1.17. The van der Waals surface area contributed by atoms with Gasteiger partial charge in [-0.1, -0.05) is 17.0 Å². The van der Waals surface area contributed by atoms with Crippen molar-refractivity contribution in [1.82, 2.24) is 24.5 Å². The molecule has 1 aliphatic heterocycles. The lowest BCUT2D eigenvalue weighted by Gasteiger charge is -2.20. The summed E-state index contributed by atoms with van der Waals surface area (Å²) in [6, 6.07) is 9.69. The Kier molecular flexibility index (Phi) is 5.91. The number of aromatic nitrogens is 3. The molecule has 2 unspecified atom stereocenters. The summed E-state index contributed by atoms with van der Waals surface area (Å²) in [5, 5.41) is 14.0. The van der Waals surface area contributed by atoms with Crippen molar-refractivity contribution in [2.24, 2.45) is 17.8 Å². The van der Waals surface area contributed by atoms with E-state index in [-0.39, 0.29) is 5.92 Å². The van der Waals surface area contributed by atoms with Gasteiger partial charge >= 0.3 is 11.8 Å². The normalized spacial score (nSPS) is 21.1. The second kappa shape index (κ2) is 9.04. The first-order chi connectivity index (χ1) is 16.8. The quantitative estimate of drug-likeness (QED) is 0.458. The van der Waals surface area contributed by atoms with Crippen molar-refractivity contribution in [3.8, 4) is 23.2 Å². The molecule has 1 aliphatic carbocycles. The van der Waals surface area contributed by atoms with Crippen molar-refractivity contribution in [3.05, 3.63) is 59.8 Å². The van der Waals surface area contributed by atoms with Crippen LogP contribution in [0.5, 0.6) is 0 Å². The third-order valence-electron chi connectivity index (χ3n) is 6.64. The molecule has 2 aliphatic rings. The van der Waals surface area contributed by atoms with Crippen LogP contribution in [-0.4, -0.2) is 68.6 Å². The van der Waals surface area contributed by atoms with E-state index >= 15 is 0 Å². The fraction of sp³-hybridized carbons (Fsp3) is 0.385. The average Bonchev–Trinajstić information content (AvgIpc) is 3.34. The number of amides is 2. The molecule has 9 nitrogen and oxygen atoms in total. The largest absolute Gasteiger partial charge is 0.385 e. The standard InChI is InChI=1S/C26H27N5O4/c1-16(32)24-27-10-11-30(24)13-19-12-23(35-28-19)18-7-4-17(5-8-18)6-9-20-21-14-31(15-22(20)21)26(34)25(33)29(2)3/h4-5,7-8,10-12,16,20-22,32H,13-15H2,1-3H3/t16-,20?,21?,22?/m0/s1. The Morgan fingerprint density at radius 2 is 1.94 bits per heavy atom. The Labute approximate surface area is 203 Å². The molecule has 2 aromatic heterocycles. The second-order valence-corrected chi connectivity index (χ2v) is 9.38. The van der Waals surface area contributed by atoms with E-state index in [0.29, 0.717) is 43.1 Å². The molecule has 180 valence electrons. The van der Waals surface area contributed by atoms with Gasteiger partial charge in [-0.3, -0.25) is 9.59 Å². The number of aliphatic hydroxyl groups is 1. The predicted octanol–water partition coefficient (Wildman–Crippen LogP) is 1.78. The lowest BCUT2D eigenvalue weighted by Crippen LogP contribution is -2.42. The van der Waals surface area contributed by atoms with Crippen molar-refractivity contribution >= 4 is 11.8 Å². The average molecular weight is 474 g/mol. The summed E-state index contributed by atoms with van der Waals surface area (Å²) >= 11 is 0. The summed E-state index contributed by atoms with van der Waals surface area (Å²) in [7, 11) is 3.18. The van der Waals surface area contributed by atoms with E-state index in [2.05, 4.69) is 22.0 Å². The molecule has 3 atom stereocenters. The molecule has 2 fully saturated rings. The molecule has 1 saturated heterocycles. The maximum atomic E-state index is 12.2. The van der Waals surface area contributed by atoms with E-state index in [9.17, 15) is 14.7 Å². The van der Waals surface area contributed by atoms with E-state index < -0.39 is 17.9 Å². The molecular formula is C26H27N5O4. The third-order valence-corrected chi connectivity index (χ3v) is 6.64. The number of rotatable bonds is 4. The van der Waals surface area contributed by atoms with E-state index in [4.69, 9.17) is 4.52 Å². The summed E-state index contributed by atoms with van der Waals surface area (Å²) in [6.45, 7) is 3.35. The van der Waals surface area contributed by atoms with Crippen LogP contribution >= 0.6 is 0 Å². The zero-order valence-electron chi connectivity index (χ0n) is 19.9. The van der Waals surface area contributed by atoms with Crippen molar-refractivity contribution in [1.29, 1.82) is 0 Å². The number of hydrogen-bond acceptors (Lipinski definition) is 6. The summed E-state index contributed by atoms with van der Waals surface area (Å²) in [5.74, 6) is 7.92. The molecule has 1 saturated carbocycles. The van der Waals surface area contributed by atoms with Gasteiger partial charge in [-0.05, 0) is 43.0 Å². The molecule has 35 heavy (non-hydrogen) atoms. The number of fused-ring (bicyclic) bond motifs is 1. The first-order valence-corrected chi connectivity index (χ1v) is 11.6. The Hall–Kier alpha value is -3.90. The Morgan fingerprint density at radius 1 is 1.23 bits per heavy atom. The van der Waals surface area contributed by atoms with Gasteiger partial charge in [-0.15, -0.1) is 0 Å². The highest BCUT2D eigenvalue weighted by Gasteiger charge is 2.56. The minimum absolute atomic E-state index is 0.278. The molecule has 1 N–H and O–H groups in total. The molecule has 5 rings (SSSR count). The number of hydrogen-bond donors (Lipinski definition) is 1. The van der Waals surface area contributed by atoms with Crippen molar-refractivity contribution < 1.29 is 19.2 Å². The molecule has 3 heterocycles. The maximum Gasteiger partial charge on any atom is 0.312 e. The van der Waals surface area contributed by atoms with Crippen molar-refractivity contribution in [2.45, 2.75) is 19.6 Å². The van der Waals surface area contributed by atoms with Crippen LogP contribution in [0.1, 0.15) is 30.1 Å². The minimum Gasteiger partial charge on any atom is -0.385 e. The molecule has 0 bridgehead atoms. The van der Waals surface area contributed by atoms with Crippen LogP contribution in [-0.2, 0) is 16.1 Å². The number of aliphatic hydroxyl groups excluding tert-OH is 1. The highest BCUT2D eigenvalue weighted by atomic mass is 16.5. The number of likely N-dealkylation sites (N-methyl/N-ethyl adjacent to an activating group) is 1. The Bertz CT molecular complexity index is 1300. The lowest BCUT2D eigenvalue weighted by atomic mass is 10.1. The van der Waals surface area contributed by atoms with E-state index in [1.54, 1.807) is 38.3 Å². The summed E-state index contributed by atoms with van der Waals surface area (Å²) in [4.78, 5) is 31.2. The third kappa shape index (κ3) is 4.57. The van der Waals surface area contributed by atoms with Gasteiger partial charge in [0.25, 0.3) is 0 Å². The highest BCUT2D eigenvalue weighted by Crippen LogP contribution is 2.51. The number of nitrogens with zero attached hydrogens (tertiary/aromatic N) is 5. The van der Waals surface area contributed by atoms with Gasteiger partial charge in [0.05, 0.1) is 6.54 Å². The lowest BCUT2D eigenvalue weighted by molar-refractivity contribution is -0.150. The van der Waals surface area contributed by atoms with Gasteiger partial charge in [0, 0.05) is 62.7 Å². The van der Waals surface area contributed by atoms with Crippen LogP contribution in [0, 0.1) is 29.6 Å². The van der Waals surface area contributed by atoms with Gasteiger partial charge in [-0.25, -0.2) is 4.98 Å². The molecule has 3 aromatic rings. The highest BCUT2D eigenvalue weighted by molar-refractivity contribution is 6.34. The number of piperidine rings is 1. The smallest absolute Gasteiger partial charge is 0.312 e. The van der Waals surface area contributed by atoms with Crippen molar-refractivity contribution in [3.63, 3.8) is 0 Å². The zero-order chi connectivity index (χ0) is 24.7. The first kappa shape index (κ1) is 22.9. The monoisotopic (exact) mass is 473 g/mol. The fourth-order valence-corrected chi connectivity index (χ4v) is 4.64. The van der Waals surface area contributed by atoms with Crippen LogP contribution < -0.4 is 0 Å². The molecule has 0 spiro atoms. The van der Waals surface area contributed by atoms with Crippen LogP contribution in [0.3, 0.4) is 0 Å². The number of likely N-dealkylation sites (tertiary alicyclic amines) is 1. The van der Waals surface area contributed by atoms with Crippen molar-refractivity contribution in [2.75, 3.05) is 27.2 Å². The Morgan fingerprint density at radius 3 is 2.60 bits per heavy atom. The van der Waals surface area contributed by atoms with Gasteiger partial charge in [-0.2, -0.15) is 0 Å². The molecule has 2 amide bonds. The summed E-state index contributed by atoms with van der Waals surface area (Å²) < 4.78 is 7.36.